The van der Waals surface area contributed by atoms with Gasteiger partial charge in [-0.3, -0.25) is 0 Å². The molecule has 52 heavy (non-hydrogen) atoms. The summed E-state index contributed by atoms with van der Waals surface area (Å²) in [6, 6.07) is 10.6. The van der Waals surface area contributed by atoms with Gasteiger partial charge in [-0.25, -0.2) is 0 Å². The van der Waals surface area contributed by atoms with E-state index >= 15 is 0 Å². The van der Waals surface area contributed by atoms with E-state index in [2.05, 4.69) is 97.1 Å². The molecule has 5 aromatic rings. The summed E-state index contributed by atoms with van der Waals surface area (Å²) in [5, 5.41) is 0. The van der Waals surface area contributed by atoms with Crippen LogP contribution in [0.3, 0.4) is 0 Å². The van der Waals surface area contributed by atoms with Crippen molar-refractivity contribution in [2.24, 2.45) is 0 Å². The van der Waals surface area contributed by atoms with Crippen molar-refractivity contribution in [3.8, 4) is 22.3 Å². The first kappa shape index (κ1) is 39.6. The Hall–Kier alpha value is -0.641. The third-order valence-electron chi connectivity index (χ3n) is 12.6. The maximum atomic E-state index is 5.25. The van der Waals surface area contributed by atoms with Crippen LogP contribution in [0, 0.1) is 7.14 Å². The molecule has 278 valence electrons. The van der Waals surface area contributed by atoms with E-state index in [0.29, 0.717) is 0 Å². The molecule has 8 heteroatoms. The Morgan fingerprint density at radius 3 is 1.08 bits per heavy atom. The van der Waals surface area contributed by atoms with Crippen molar-refractivity contribution in [1.29, 1.82) is 0 Å². The Kier molecular flexibility index (Phi) is 13.4. The predicted molar refractivity (Wildman–Crippen MR) is 239 cm³/mol. The molecule has 0 radical (unpaired) electrons. The molecule has 2 aliphatic rings. The molecule has 0 amide bonds. The molecule has 4 nitrogen and oxygen atoms in total. The average Bonchev–Trinajstić information content (AvgIpc) is 3.93. The van der Waals surface area contributed by atoms with Crippen LogP contribution in [-0.2, 0) is 10.8 Å². The molecule has 0 spiro atoms. The van der Waals surface area contributed by atoms with Crippen molar-refractivity contribution in [1.82, 2.24) is 15.9 Å². The first-order chi connectivity index (χ1) is 25.5. The van der Waals surface area contributed by atoms with Crippen molar-refractivity contribution in [3.63, 3.8) is 0 Å². The minimum atomic E-state index is -0.0652. The van der Waals surface area contributed by atoms with Gasteiger partial charge in [-0.15, -0.1) is 0 Å². The van der Waals surface area contributed by atoms with Crippen LogP contribution in [0.4, 0.5) is 0 Å². The Morgan fingerprint density at radius 2 is 0.750 bits per heavy atom. The molecule has 0 saturated carbocycles. The molecule has 0 saturated heterocycles. The first-order valence-corrected chi connectivity index (χ1v) is 25.8. The summed E-state index contributed by atoms with van der Waals surface area (Å²) in [6.07, 6.45) is 25.6. The molecule has 0 aliphatic heterocycles. The van der Waals surface area contributed by atoms with E-state index in [0.717, 1.165) is 11.0 Å². The number of hydrogen-bond acceptors (Lipinski definition) is 4. The number of nitrogens with zero attached hydrogens (tertiary/aromatic N) is 4. The molecule has 2 aromatic heterocycles. The molecular formula is C44H56I2N4Se2. The van der Waals surface area contributed by atoms with Gasteiger partial charge in [-0.05, 0) is 0 Å². The second kappa shape index (κ2) is 17.7. The van der Waals surface area contributed by atoms with Gasteiger partial charge in [0.15, 0.2) is 0 Å². The molecule has 0 fully saturated rings. The molecule has 0 bridgehead atoms. The second-order valence-electron chi connectivity index (χ2n) is 15.8. The van der Waals surface area contributed by atoms with Gasteiger partial charge in [-0.1, -0.05) is 0 Å². The van der Waals surface area contributed by atoms with E-state index < -0.39 is 0 Å². The van der Waals surface area contributed by atoms with Gasteiger partial charge >= 0.3 is 356 Å². The summed E-state index contributed by atoms with van der Waals surface area (Å²) < 4.78 is 23.2. The minimum absolute atomic E-state index is 0.00668. The number of aromatic nitrogens is 4. The summed E-state index contributed by atoms with van der Waals surface area (Å²) in [5.41, 5.74) is 16.9. The Balaban J connectivity index is 1.51. The third kappa shape index (κ3) is 7.12. The van der Waals surface area contributed by atoms with Gasteiger partial charge in [0, 0.05) is 0 Å². The van der Waals surface area contributed by atoms with Gasteiger partial charge in [0.25, 0.3) is 0 Å². The number of halogens is 2. The van der Waals surface area contributed by atoms with E-state index in [1.807, 2.05) is 0 Å². The Morgan fingerprint density at radius 1 is 0.423 bits per heavy atom. The van der Waals surface area contributed by atoms with Gasteiger partial charge in [0.2, 0.25) is 0 Å². The van der Waals surface area contributed by atoms with Crippen LogP contribution in [0.5, 0.6) is 0 Å². The standard InChI is InChI=1S/C44H56I2N4Se2/c1-5-9-13-17-21-43(22-18-14-10-6-2)31-25-30-32(26-29(31)37-33(43)27-35(45)39-41(37)49-51-47-39)44(23-19-15-11-7-3,24-20-16-12-8-4)34-28-36(46)40-42(38(30)34)50-52-48-40/h25-28H,5-24H2,1-4H3. The number of benzene rings is 3. The molecule has 2 aliphatic carbocycles. The Labute approximate surface area is 352 Å². The third-order valence-corrected chi connectivity index (χ3v) is 16.4. The van der Waals surface area contributed by atoms with Crippen molar-refractivity contribution in [2.45, 2.75) is 167 Å². The summed E-state index contributed by atoms with van der Waals surface area (Å²) in [6.45, 7) is 9.37. The van der Waals surface area contributed by atoms with E-state index in [9.17, 15) is 0 Å². The van der Waals surface area contributed by atoms with Gasteiger partial charge < -0.3 is 0 Å². The van der Waals surface area contributed by atoms with E-state index in [1.54, 1.807) is 22.3 Å². The van der Waals surface area contributed by atoms with Gasteiger partial charge in [0.1, 0.15) is 0 Å². The average molecular weight is 1050 g/mol. The fourth-order valence-corrected chi connectivity index (χ4v) is 14.4. The van der Waals surface area contributed by atoms with Crippen LogP contribution in [0.1, 0.15) is 178 Å². The van der Waals surface area contributed by atoms with Crippen molar-refractivity contribution in [3.05, 3.63) is 53.7 Å². The van der Waals surface area contributed by atoms with Gasteiger partial charge in [-0.2, -0.15) is 0 Å². The fourth-order valence-electron chi connectivity index (χ4n) is 9.95. The van der Waals surface area contributed by atoms with Crippen molar-refractivity contribution >= 4 is 97.2 Å². The summed E-state index contributed by atoms with van der Waals surface area (Å²) >= 11 is 5.02. The second-order valence-corrected chi connectivity index (χ2v) is 20.4. The monoisotopic (exact) mass is 1050 g/mol. The van der Waals surface area contributed by atoms with Crippen LogP contribution in [0.2, 0.25) is 0 Å². The zero-order valence-corrected chi connectivity index (χ0v) is 39.6. The van der Waals surface area contributed by atoms with Crippen LogP contribution in [-0.4, -0.2) is 45.8 Å². The number of fused-ring (bicyclic) bond motifs is 10. The van der Waals surface area contributed by atoms with Crippen LogP contribution in [0.25, 0.3) is 44.3 Å². The van der Waals surface area contributed by atoms with E-state index in [4.69, 9.17) is 15.9 Å². The van der Waals surface area contributed by atoms with Crippen LogP contribution >= 0.6 is 45.2 Å². The maximum absolute atomic E-state index is 5.25. The van der Waals surface area contributed by atoms with Crippen LogP contribution in [0.15, 0.2) is 24.3 Å². The molecule has 2 heterocycles. The topological polar surface area (TPSA) is 51.6 Å². The number of hydrogen-bond donors (Lipinski definition) is 0. The molecular weight excluding hydrogens is 996 g/mol. The van der Waals surface area contributed by atoms with Crippen LogP contribution < -0.4 is 0 Å². The van der Waals surface area contributed by atoms with Crippen molar-refractivity contribution in [2.75, 3.05) is 0 Å². The number of unbranched alkanes of at least 4 members (excludes halogenated alkanes) is 12. The molecule has 0 N–H and O–H groups in total. The summed E-state index contributed by atoms with van der Waals surface area (Å²) in [7, 11) is 0. The summed E-state index contributed by atoms with van der Waals surface area (Å²) in [4.78, 5) is 0. The van der Waals surface area contributed by atoms with E-state index in [-0.39, 0.29) is 40.8 Å². The molecule has 3 aromatic carbocycles. The number of rotatable bonds is 20. The Bertz CT molecular complexity index is 1850. The molecule has 7 rings (SSSR count). The fraction of sp³-hybridized carbons (Fsp3) is 0.591. The quantitative estimate of drug-likeness (QED) is 0.0443. The van der Waals surface area contributed by atoms with E-state index in [1.165, 1.54) is 169 Å². The summed E-state index contributed by atoms with van der Waals surface area (Å²) in [5.74, 6) is 0. The zero-order chi connectivity index (χ0) is 36.3. The zero-order valence-electron chi connectivity index (χ0n) is 31.8. The normalized spacial score (nSPS) is 15.0. The van der Waals surface area contributed by atoms with Crippen molar-refractivity contribution < 1.29 is 0 Å². The first-order valence-electron chi connectivity index (χ1n) is 20.6. The molecule has 0 atom stereocenters. The predicted octanol–water partition coefficient (Wildman–Crippen LogP) is 13.3. The van der Waals surface area contributed by atoms with Gasteiger partial charge in [0.05, 0.1) is 0 Å². The molecule has 0 unspecified atom stereocenters. The SMILES string of the molecule is CCCCCCC1(CCCCCC)c2cc3c(cc2-c2c1cc(I)c1n[se]nc21)C(CCCCCC)(CCCCCC)c1cc(I)c2n[se]nc2c1-3.